The van der Waals surface area contributed by atoms with Crippen molar-refractivity contribution in [3.63, 3.8) is 0 Å². The second kappa shape index (κ2) is 7.25. The number of carbonyl (C=O) groups is 1. The van der Waals surface area contributed by atoms with Crippen molar-refractivity contribution in [2.75, 3.05) is 12.4 Å². The Balaban J connectivity index is 2.50. The van der Waals surface area contributed by atoms with Crippen molar-refractivity contribution in [3.8, 4) is 0 Å². The van der Waals surface area contributed by atoms with Gasteiger partial charge >= 0.3 is 5.97 Å². The minimum Gasteiger partial charge on any atom is -0.465 e. The van der Waals surface area contributed by atoms with Crippen molar-refractivity contribution in [2.24, 2.45) is 0 Å². The summed E-state index contributed by atoms with van der Waals surface area (Å²) in [4.78, 5) is 11.3. The lowest BCUT2D eigenvalue weighted by Crippen LogP contribution is -2.40. The van der Waals surface area contributed by atoms with Gasteiger partial charge in [0.05, 0.1) is 12.4 Å². The first-order valence-electron chi connectivity index (χ1n) is 6.15. The Morgan fingerprint density at radius 1 is 1.32 bits per heavy atom. The van der Waals surface area contributed by atoms with Crippen molar-refractivity contribution in [1.82, 2.24) is 4.72 Å². The first kappa shape index (κ1) is 15.7. The summed E-state index contributed by atoms with van der Waals surface area (Å²) in [6.07, 6.45) is 0.408. The standard InChI is InChI=1S/C13H19NO4S/c1-3-18-13(15)11(2)14-19(16,17)10-9-12-7-5-4-6-8-12/h4-8,11,14H,3,9-10H2,1-2H3. The van der Waals surface area contributed by atoms with Crippen LogP contribution in [0.2, 0.25) is 0 Å². The second-order valence-corrected chi connectivity index (χ2v) is 6.02. The molecule has 0 aromatic heterocycles. The summed E-state index contributed by atoms with van der Waals surface area (Å²) in [6.45, 7) is 3.38. The highest BCUT2D eigenvalue weighted by Gasteiger charge is 2.20. The fourth-order valence-electron chi connectivity index (χ4n) is 1.54. The van der Waals surface area contributed by atoms with Crippen LogP contribution < -0.4 is 4.72 Å². The molecule has 5 nitrogen and oxygen atoms in total. The van der Waals surface area contributed by atoms with Crippen LogP contribution in [0.3, 0.4) is 0 Å². The van der Waals surface area contributed by atoms with E-state index < -0.39 is 22.0 Å². The maximum Gasteiger partial charge on any atom is 0.323 e. The topological polar surface area (TPSA) is 72.5 Å². The molecule has 1 aromatic carbocycles. The van der Waals surface area contributed by atoms with Crippen molar-refractivity contribution >= 4 is 16.0 Å². The minimum atomic E-state index is -3.49. The highest BCUT2D eigenvalue weighted by Crippen LogP contribution is 2.02. The maximum absolute atomic E-state index is 11.8. The molecule has 1 atom stereocenters. The Labute approximate surface area is 114 Å². The van der Waals surface area contributed by atoms with Gasteiger partial charge in [-0.15, -0.1) is 0 Å². The van der Waals surface area contributed by atoms with Gasteiger partial charge in [-0.2, -0.15) is 0 Å². The van der Waals surface area contributed by atoms with E-state index in [-0.39, 0.29) is 12.4 Å². The molecule has 0 saturated carbocycles. The van der Waals surface area contributed by atoms with Gasteiger partial charge in [0, 0.05) is 0 Å². The van der Waals surface area contributed by atoms with E-state index in [1.54, 1.807) is 6.92 Å². The van der Waals surface area contributed by atoms with E-state index in [1.165, 1.54) is 6.92 Å². The smallest absolute Gasteiger partial charge is 0.323 e. The zero-order valence-electron chi connectivity index (χ0n) is 11.1. The quantitative estimate of drug-likeness (QED) is 0.761. The molecular formula is C13H19NO4S. The Hall–Kier alpha value is -1.40. The predicted octanol–water partition coefficient (Wildman–Crippen LogP) is 1.10. The SMILES string of the molecule is CCOC(=O)C(C)NS(=O)(=O)CCc1ccccc1. The van der Waals surface area contributed by atoms with Crippen LogP contribution in [0.5, 0.6) is 0 Å². The Morgan fingerprint density at radius 2 is 1.95 bits per heavy atom. The summed E-state index contributed by atoms with van der Waals surface area (Å²) < 4.78 is 30.7. The lowest BCUT2D eigenvalue weighted by molar-refractivity contribution is -0.144. The number of esters is 1. The monoisotopic (exact) mass is 285 g/mol. The van der Waals surface area contributed by atoms with Crippen molar-refractivity contribution in [2.45, 2.75) is 26.3 Å². The van der Waals surface area contributed by atoms with Crippen LogP contribution in [0, 0.1) is 0 Å². The third kappa shape index (κ3) is 5.85. The summed E-state index contributed by atoms with van der Waals surface area (Å²) in [5.74, 6) is -0.619. The first-order chi connectivity index (χ1) is 8.94. The van der Waals surface area contributed by atoms with Crippen molar-refractivity contribution < 1.29 is 17.9 Å². The molecule has 1 N–H and O–H groups in total. The van der Waals surface area contributed by atoms with Gasteiger partial charge in [0.1, 0.15) is 6.04 Å². The Kier molecular flexibility index (Phi) is 5.98. The summed E-state index contributed by atoms with van der Waals surface area (Å²) in [5, 5.41) is 0. The fraction of sp³-hybridized carbons (Fsp3) is 0.462. The van der Waals surface area contributed by atoms with Crippen LogP contribution in [0.15, 0.2) is 30.3 Å². The molecule has 0 heterocycles. The van der Waals surface area contributed by atoms with Crippen LogP contribution in [-0.2, 0) is 26.0 Å². The van der Waals surface area contributed by atoms with Crippen LogP contribution >= 0.6 is 0 Å². The number of benzene rings is 1. The van der Waals surface area contributed by atoms with Crippen LogP contribution in [0.1, 0.15) is 19.4 Å². The van der Waals surface area contributed by atoms with E-state index in [0.29, 0.717) is 6.42 Å². The van der Waals surface area contributed by atoms with Crippen molar-refractivity contribution in [3.05, 3.63) is 35.9 Å². The lowest BCUT2D eigenvalue weighted by atomic mass is 10.2. The van der Waals surface area contributed by atoms with Crippen LogP contribution in [0.4, 0.5) is 0 Å². The van der Waals surface area contributed by atoms with Gasteiger partial charge in [-0.3, -0.25) is 4.79 Å². The van der Waals surface area contributed by atoms with Crippen LogP contribution in [-0.4, -0.2) is 32.8 Å². The number of aryl methyl sites for hydroxylation is 1. The molecule has 106 valence electrons. The molecule has 0 bridgehead atoms. The molecule has 0 fully saturated rings. The highest BCUT2D eigenvalue weighted by molar-refractivity contribution is 7.89. The Morgan fingerprint density at radius 3 is 2.53 bits per heavy atom. The molecule has 0 aliphatic carbocycles. The summed E-state index contributed by atoms with van der Waals surface area (Å²) in [5.41, 5.74) is 0.941. The van der Waals surface area contributed by atoms with E-state index in [1.807, 2.05) is 30.3 Å². The summed E-state index contributed by atoms with van der Waals surface area (Å²) in [7, 11) is -3.49. The molecular weight excluding hydrogens is 266 g/mol. The van der Waals surface area contributed by atoms with E-state index in [2.05, 4.69) is 4.72 Å². The number of sulfonamides is 1. The van der Waals surface area contributed by atoms with E-state index in [4.69, 9.17) is 4.74 Å². The van der Waals surface area contributed by atoms with Gasteiger partial charge in [0.2, 0.25) is 10.0 Å². The average Bonchev–Trinajstić information content (AvgIpc) is 2.37. The van der Waals surface area contributed by atoms with E-state index in [9.17, 15) is 13.2 Å². The number of hydrogen-bond donors (Lipinski definition) is 1. The average molecular weight is 285 g/mol. The molecule has 0 spiro atoms. The Bertz CT molecular complexity index is 499. The molecule has 0 saturated heterocycles. The third-order valence-electron chi connectivity index (χ3n) is 2.50. The first-order valence-corrected chi connectivity index (χ1v) is 7.80. The minimum absolute atomic E-state index is 0.0548. The largest absolute Gasteiger partial charge is 0.465 e. The molecule has 0 aliphatic heterocycles. The zero-order valence-corrected chi connectivity index (χ0v) is 11.9. The maximum atomic E-state index is 11.8. The molecule has 0 radical (unpaired) electrons. The molecule has 1 aromatic rings. The fourth-order valence-corrected chi connectivity index (χ4v) is 2.80. The van der Waals surface area contributed by atoms with Gasteiger partial charge in [-0.25, -0.2) is 13.1 Å². The number of rotatable bonds is 7. The number of carbonyl (C=O) groups excluding carboxylic acids is 1. The second-order valence-electron chi connectivity index (χ2n) is 4.15. The lowest BCUT2D eigenvalue weighted by Gasteiger charge is -2.12. The predicted molar refractivity (Wildman–Crippen MR) is 73.2 cm³/mol. The number of ether oxygens (including phenoxy) is 1. The third-order valence-corrected chi connectivity index (χ3v) is 3.95. The highest BCUT2D eigenvalue weighted by atomic mass is 32.2. The van der Waals surface area contributed by atoms with Gasteiger partial charge in [0.25, 0.3) is 0 Å². The van der Waals surface area contributed by atoms with Gasteiger partial charge < -0.3 is 4.74 Å². The molecule has 1 rings (SSSR count). The normalized spacial score (nSPS) is 12.9. The molecule has 6 heteroatoms. The van der Waals surface area contributed by atoms with E-state index >= 15 is 0 Å². The van der Waals surface area contributed by atoms with Crippen molar-refractivity contribution in [1.29, 1.82) is 0 Å². The number of nitrogens with one attached hydrogen (secondary N) is 1. The molecule has 0 amide bonds. The molecule has 19 heavy (non-hydrogen) atoms. The van der Waals surface area contributed by atoms with Gasteiger partial charge in [-0.1, -0.05) is 30.3 Å². The zero-order chi connectivity index (χ0) is 14.3. The van der Waals surface area contributed by atoms with Crippen LogP contribution in [0.25, 0.3) is 0 Å². The molecule has 0 aliphatic rings. The summed E-state index contributed by atoms with van der Waals surface area (Å²) in [6, 6.07) is 8.46. The summed E-state index contributed by atoms with van der Waals surface area (Å²) >= 11 is 0. The van der Waals surface area contributed by atoms with Gasteiger partial charge in [-0.05, 0) is 25.8 Å². The molecule has 1 unspecified atom stereocenters. The number of hydrogen-bond acceptors (Lipinski definition) is 4. The van der Waals surface area contributed by atoms with E-state index in [0.717, 1.165) is 5.56 Å². The van der Waals surface area contributed by atoms with Gasteiger partial charge in [0.15, 0.2) is 0 Å².